The van der Waals surface area contributed by atoms with Gasteiger partial charge in [0.25, 0.3) is 0 Å². The van der Waals surface area contributed by atoms with Crippen molar-refractivity contribution in [2.75, 3.05) is 26.7 Å². The summed E-state index contributed by atoms with van der Waals surface area (Å²) in [4.78, 5) is 18.7. The van der Waals surface area contributed by atoms with Gasteiger partial charge in [-0.25, -0.2) is 8.42 Å². The quantitative estimate of drug-likeness (QED) is 0.596. The van der Waals surface area contributed by atoms with Crippen molar-refractivity contribution in [1.29, 1.82) is 0 Å². The number of aliphatic hydroxyl groups is 1. The number of aliphatic hydroxyl groups excluding tert-OH is 1. The minimum absolute atomic E-state index is 0.0252. The Morgan fingerprint density at radius 1 is 1.28 bits per heavy atom. The SMILES string of the molecule is CC(C)C#Cc1ccc2c(c1)O[C@H](CN(C)C(=O)Cc1ccccn1)[C@@H](C)CN([C@H](C)CO)S2(=O)=O. The molecule has 1 aromatic heterocycles. The van der Waals surface area contributed by atoms with Gasteiger partial charge >= 0.3 is 0 Å². The molecule has 194 valence electrons. The Morgan fingerprint density at radius 2 is 2.03 bits per heavy atom. The van der Waals surface area contributed by atoms with Gasteiger partial charge in [0, 0.05) is 48.9 Å². The summed E-state index contributed by atoms with van der Waals surface area (Å²) in [5.74, 6) is 6.12. The molecule has 3 atom stereocenters. The molecular formula is C27H35N3O5S. The Balaban J connectivity index is 1.96. The topological polar surface area (TPSA) is 100 Å². The summed E-state index contributed by atoms with van der Waals surface area (Å²) in [5.41, 5.74) is 1.32. The summed E-state index contributed by atoms with van der Waals surface area (Å²) in [6.45, 7) is 7.61. The minimum Gasteiger partial charge on any atom is -0.487 e. The van der Waals surface area contributed by atoms with Crippen LogP contribution in [0.15, 0.2) is 47.5 Å². The first-order valence-corrected chi connectivity index (χ1v) is 13.6. The van der Waals surface area contributed by atoms with Crippen molar-refractivity contribution in [2.24, 2.45) is 11.8 Å². The van der Waals surface area contributed by atoms with Crippen molar-refractivity contribution in [1.82, 2.24) is 14.2 Å². The van der Waals surface area contributed by atoms with Crippen LogP contribution in [0.25, 0.3) is 0 Å². The molecule has 0 fully saturated rings. The van der Waals surface area contributed by atoms with E-state index in [-0.39, 0.29) is 54.5 Å². The second-order valence-electron chi connectivity index (χ2n) is 9.60. The van der Waals surface area contributed by atoms with Crippen molar-refractivity contribution in [3.8, 4) is 17.6 Å². The van der Waals surface area contributed by atoms with E-state index in [4.69, 9.17) is 4.74 Å². The predicted molar refractivity (Wildman–Crippen MR) is 138 cm³/mol. The maximum absolute atomic E-state index is 13.6. The summed E-state index contributed by atoms with van der Waals surface area (Å²) in [6.07, 6.45) is 1.32. The number of pyridine rings is 1. The Morgan fingerprint density at radius 3 is 2.67 bits per heavy atom. The Hall–Kier alpha value is -2.93. The van der Waals surface area contributed by atoms with Gasteiger partial charge < -0.3 is 14.7 Å². The van der Waals surface area contributed by atoms with E-state index in [1.165, 1.54) is 10.4 Å². The predicted octanol–water partition coefficient (Wildman–Crippen LogP) is 2.56. The zero-order valence-corrected chi connectivity index (χ0v) is 22.3. The van der Waals surface area contributed by atoms with E-state index in [1.807, 2.05) is 26.8 Å². The van der Waals surface area contributed by atoms with E-state index in [9.17, 15) is 18.3 Å². The highest BCUT2D eigenvalue weighted by atomic mass is 32.2. The van der Waals surface area contributed by atoms with Gasteiger partial charge in [-0.3, -0.25) is 9.78 Å². The van der Waals surface area contributed by atoms with Crippen LogP contribution < -0.4 is 4.74 Å². The highest BCUT2D eigenvalue weighted by Crippen LogP contribution is 2.34. The number of amides is 1. The van der Waals surface area contributed by atoms with Crippen molar-refractivity contribution in [3.63, 3.8) is 0 Å². The van der Waals surface area contributed by atoms with E-state index in [1.54, 1.807) is 49.3 Å². The van der Waals surface area contributed by atoms with E-state index in [0.717, 1.165) is 0 Å². The zero-order valence-electron chi connectivity index (χ0n) is 21.5. The van der Waals surface area contributed by atoms with Crippen LogP contribution in [0.1, 0.15) is 39.0 Å². The number of hydrogen-bond donors (Lipinski definition) is 1. The summed E-state index contributed by atoms with van der Waals surface area (Å²) < 4.78 is 34.8. The first-order chi connectivity index (χ1) is 17.0. The molecule has 1 aliphatic rings. The fraction of sp³-hybridized carbons (Fsp3) is 0.481. The number of carbonyl (C=O) groups excluding carboxylic acids is 1. The van der Waals surface area contributed by atoms with E-state index in [0.29, 0.717) is 11.3 Å². The number of sulfonamides is 1. The molecule has 3 rings (SSSR count). The molecule has 9 heteroatoms. The average Bonchev–Trinajstić information content (AvgIpc) is 2.84. The van der Waals surface area contributed by atoms with Crippen molar-refractivity contribution in [3.05, 3.63) is 53.9 Å². The molecule has 1 aliphatic heterocycles. The van der Waals surface area contributed by atoms with Crippen LogP contribution in [-0.4, -0.2) is 72.5 Å². The third-order valence-electron chi connectivity index (χ3n) is 6.11. The largest absolute Gasteiger partial charge is 0.487 e. The molecule has 1 aromatic carbocycles. The monoisotopic (exact) mass is 513 g/mol. The maximum atomic E-state index is 13.6. The lowest BCUT2D eigenvalue weighted by atomic mass is 10.0. The van der Waals surface area contributed by atoms with Crippen LogP contribution in [0.4, 0.5) is 0 Å². The fourth-order valence-corrected chi connectivity index (χ4v) is 5.74. The molecule has 1 amide bonds. The second-order valence-corrected chi connectivity index (χ2v) is 11.5. The van der Waals surface area contributed by atoms with Gasteiger partial charge in [0.1, 0.15) is 16.7 Å². The number of nitrogens with zero attached hydrogens (tertiary/aromatic N) is 3. The van der Waals surface area contributed by atoms with Crippen LogP contribution in [0.2, 0.25) is 0 Å². The molecule has 0 radical (unpaired) electrons. The molecule has 1 N–H and O–H groups in total. The third kappa shape index (κ3) is 6.64. The summed E-state index contributed by atoms with van der Waals surface area (Å²) >= 11 is 0. The van der Waals surface area contributed by atoms with Gasteiger partial charge in [0.2, 0.25) is 15.9 Å². The molecule has 0 bridgehead atoms. The standard InChI is InChI=1S/C27H35N3O5S/c1-19(2)9-10-22-11-12-26-24(14-22)35-25(20(3)16-30(21(4)18-31)36(26,33)34)17-29(5)27(32)15-23-8-6-7-13-28-23/h6-8,11-14,19-21,25,31H,15-18H2,1-5H3/t20-,21+,25+/m0/s1. The number of ether oxygens (including phenoxy) is 1. The van der Waals surface area contributed by atoms with Crippen molar-refractivity contribution < 1.29 is 23.1 Å². The summed E-state index contributed by atoms with van der Waals surface area (Å²) in [7, 11) is -2.23. The lowest BCUT2D eigenvalue weighted by Gasteiger charge is -2.37. The first kappa shape index (κ1) is 27.7. The van der Waals surface area contributed by atoms with Crippen LogP contribution in [0.3, 0.4) is 0 Å². The highest BCUT2D eigenvalue weighted by molar-refractivity contribution is 7.89. The fourth-order valence-electron chi connectivity index (χ4n) is 3.91. The van der Waals surface area contributed by atoms with Crippen LogP contribution >= 0.6 is 0 Å². The number of carbonyl (C=O) groups is 1. The summed E-state index contributed by atoms with van der Waals surface area (Å²) in [6, 6.07) is 9.64. The lowest BCUT2D eigenvalue weighted by Crippen LogP contribution is -2.50. The molecule has 2 aromatic rings. The minimum atomic E-state index is -3.93. The zero-order chi connectivity index (χ0) is 26.5. The Labute approximate surface area is 214 Å². The van der Waals surface area contributed by atoms with Gasteiger partial charge in [-0.15, -0.1) is 0 Å². The Kier molecular flexibility index (Phi) is 9.12. The molecule has 36 heavy (non-hydrogen) atoms. The number of aromatic nitrogens is 1. The van der Waals surface area contributed by atoms with Crippen LogP contribution in [-0.2, 0) is 21.2 Å². The van der Waals surface area contributed by atoms with Crippen molar-refractivity contribution in [2.45, 2.75) is 51.2 Å². The number of hydrogen-bond acceptors (Lipinski definition) is 6. The second kappa shape index (κ2) is 11.9. The smallest absolute Gasteiger partial charge is 0.247 e. The van der Waals surface area contributed by atoms with Gasteiger partial charge in [-0.1, -0.05) is 38.7 Å². The first-order valence-electron chi connectivity index (χ1n) is 12.1. The van der Waals surface area contributed by atoms with Crippen LogP contribution in [0.5, 0.6) is 5.75 Å². The van der Waals surface area contributed by atoms with Gasteiger partial charge in [0.05, 0.1) is 19.6 Å². The highest BCUT2D eigenvalue weighted by Gasteiger charge is 2.38. The van der Waals surface area contributed by atoms with Gasteiger partial charge in [-0.2, -0.15) is 4.31 Å². The lowest BCUT2D eigenvalue weighted by molar-refractivity contribution is -0.130. The van der Waals surface area contributed by atoms with Gasteiger partial charge in [-0.05, 0) is 37.3 Å². The van der Waals surface area contributed by atoms with E-state index < -0.39 is 22.2 Å². The molecule has 0 saturated carbocycles. The molecular weight excluding hydrogens is 478 g/mol. The van der Waals surface area contributed by atoms with Crippen molar-refractivity contribution >= 4 is 15.9 Å². The summed E-state index contributed by atoms with van der Waals surface area (Å²) in [5, 5.41) is 9.79. The number of likely N-dealkylation sites (N-methyl/N-ethyl adjacent to an activating group) is 1. The number of benzene rings is 1. The Bertz CT molecular complexity index is 1220. The molecule has 2 heterocycles. The normalized spacial score (nSPS) is 20.2. The third-order valence-corrected chi connectivity index (χ3v) is 8.13. The average molecular weight is 514 g/mol. The molecule has 0 saturated heterocycles. The number of fused-ring (bicyclic) bond motifs is 1. The maximum Gasteiger partial charge on any atom is 0.247 e. The van der Waals surface area contributed by atoms with E-state index in [2.05, 4.69) is 16.8 Å². The molecule has 0 spiro atoms. The van der Waals surface area contributed by atoms with E-state index >= 15 is 0 Å². The van der Waals surface area contributed by atoms with Gasteiger partial charge in [0.15, 0.2) is 0 Å². The molecule has 0 unspecified atom stereocenters. The van der Waals surface area contributed by atoms with Crippen LogP contribution in [0, 0.1) is 23.7 Å². The number of rotatable bonds is 6. The molecule has 8 nitrogen and oxygen atoms in total. The molecule has 0 aliphatic carbocycles.